The third-order valence-electron chi connectivity index (χ3n) is 2.27. The predicted octanol–water partition coefficient (Wildman–Crippen LogP) is 2.59. The lowest BCUT2D eigenvalue weighted by Gasteiger charge is -2.10. The fraction of sp³-hybridized carbons (Fsp3) is 0.462. The third-order valence-corrected chi connectivity index (χ3v) is 2.89. The van der Waals surface area contributed by atoms with E-state index >= 15 is 0 Å². The summed E-state index contributed by atoms with van der Waals surface area (Å²) in [6.45, 7) is 5.96. The second-order valence-corrected chi connectivity index (χ2v) is 5.30. The number of benzene rings is 1. The van der Waals surface area contributed by atoms with Crippen molar-refractivity contribution in [3.8, 4) is 5.75 Å². The number of hydrogen-bond donors (Lipinski definition) is 2. The van der Waals surface area contributed by atoms with E-state index in [-0.39, 0.29) is 5.84 Å². The van der Waals surface area contributed by atoms with E-state index in [0.717, 1.165) is 11.1 Å². The van der Waals surface area contributed by atoms with Crippen LogP contribution in [-0.2, 0) is 4.74 Å². The molecule has 0 amide bonds. The minimum Gasteiger partial charge on any atom is -0.490 e. The molecule has 0 saturated heterocycles. The number of rotatable bonds is 7. The summed E-state index contributed by atoms with van der Waals surface area (Å²) < 4.78 is 11.7. The van der Waals surface area contributed by atoms with Gasteiger partial charge in [-0.3, -0.25) is 0 Å². The quantitative estimate of drug-likeness (QED) is 0.265. The van der Waals surface area contributed by atoms with Crippen LogP contribution in [0.4, 0.5) is 0 Å². The summed E-state index contributed by atoms with van der Waals surface area (Å²) in [5.41, 5.74) is 6.12. The van der Waals surface area contributed by atoms with Gasteiger partial charge >= 0.3 is 0 Å². The van der Waals surface area contributed by atoms with Gasteiger partial charge in [0.2, 0.25) is 0 Å². The molecule has 6 heteroatoms. The molecule has 0 heterocycles. The monoisotopic (exact) mass is 330 g/mol. The van der Waals surface area contributed by atoms with Gasteiger partial charge in [0.25, 0.3) is 0 Å². The highest BCUT2D eigenvalue weighted by molar-refractivity contribution is 9.10. The van der Waals surface area contributed by atoms with Crippen molar-refractivity contribution in [1.82, 2.24) is 0 Å². The van der Waals surface area contributed by atoms with Gasteiger partial charge in [0.05, 0.1) is 11.1 Å². The number of oxime groups is 1. The molecule has 3 N–H and O–H groups in total. The van der Waals surface area contributed by atoms with Gasteiger partial charge in [0.1, 0.15) is 12.4 Å². The number of ether oxygens (including phenoxy) is 2. The Labute approximate surface area is 121 Å². The molecule has 0 aliphatic heterocycles. The van der Waals surface area contributed by atoms with Crippen LogP contribution in [0.3, 0.4) is 0 Å². The van der Waals surface area contributed by atoms with E-state index in [1.54, 1.807) is 18.2 Å². The van der Waals surface area contributed by atoms with E-state index in [4.69, 9.17) is 20.4 Å². The van der Waals surface area contributed by atoms with E-state index in [1.165, 1.54) is 0 Å². The Morgan fingerprint density at radius 3 is 2.74 bits per heavy atom. The van der Waals surface area contributed by atoms with Crippen LogP contribution in [0.15, 0.2) is 27.8 Å². The first-order chi connectivity index (χ1) is 9.04. The first-order valence-corrected chi connectivity index (χ1v) is 6.82. The van der Waals surface area contributed by atoms with E-state index in [2.05, 4.69) is 34.9 Å². The average molecular weight is 331 g/mol. The van der Waals surface area contributed by atoms with Crippen LogP contribution in [0.1, 0.15) is 19.4 Å². The molecule has 1 aromatic carbocycles. The van der Waals surface area contributed by atoms with Crippen LogP contribution in [-0.4, -0.2) is 30.9 Å². The molecule has 0 bridgehead atoms. The molecule has 0 aliphatic carbocycles. The maximum Gasteiger partial charge on any atom is 0.170 e. The van der Waals surface area contributed by atoms with Gasteiger partial charge in [-0.05, 0) is 40.0 Å². The molecule has 0 spiro atoms. The van der Waals surface area contributed by atoms with Crippen LogP contribution >= 0.6 is 15.9 Å². The molecular formula is C13H19BrN2O3. The van der Waals surface area contributed by atoms with Crippen molar-refractivity contribution in [2.45, 2.75) is 13.8 Å². The minimum absolute atomic E-state index is 0.0625. The van der Waals surface area contributed by atoms with Crippen molar-refractivity contribution in [3.05, 3.63) is 28.2 Å². The maximum atomic E-state index is 8.59. The largest absolute Gasteiger partial charge is 0.490 e. The number of nitrogens with two attached hydrogens (primary N) is 1. The molecule has 5 nitrogen and oxygen atoms in total. The maximum absolute atomic E-state index is 8.59. The Morgan fingerprint density at radius 1 is 1.42 bits per heavy atom. The van der Waals surface area contributed by atoms with E-state index in [0.29, 0.717) is 30.4 Å². The van der Waals surface area contributed by atoms with Gasteiger partial charge in [-0.1, -0.05) is 19.0 Å². The molecule has 1 rings (SSSR count). The summed E-state index contributed by atoms with van der Waals surface area (Å²) in [7, 11) is 0. The van der Waals surface area contributed by atoms with Crippen molar-refractivity contribution in [2.24, 2.45) is 16.8 Å². The summed E-state index contributed by atoms with van der Waals surface area (Å²) in [4.78, 5) is 0. The van der Waals surface area contributed by atoms with Crippen molar-refractivity contribution in [2.75, 3.05) is 19.8 Å². The average Bonchev–Trinajstić information content (AvgIpc) is 2.38. The van der Waals surface area contributed by atoms with Crippen LogP contribution in [0.2, 0.25) is 0 Å². The fourth-order valence-electron chi connectivity index (χ4n) is 1.36. The normalized spacial score (nSPS) is 11.9. The van der Waals surface area contributed by atoms with E-state index < -0.39 is 0 Å². The third kappa shape index (κ3) is 5.48. The number of halogens is 1. The molecule has 19 heavy (non-hydrogen) atoms. The Kier molecular flexibility index (Phi) is 6.66. The molecule has 0 aliphatic rings. The second kappa shape index (κ2) is 8.01. The Morgan fingerprint density at radius 2 is 2.16 bits per heavy atom. The van der Waals surface area contributed by atoms with Gasteiger partial charge < -0.3 is 20.4 Å². The number of hydrogen-bond acceptors (Lipinski definition) is 4. The van der Waals surface area contributed by atoms with Gasteiger partial charge in [0, 0.05) is 12.2 Å². The zero-order valence-electron chi connectivity index (χ0n) is 11.1. The van der Waals surface area contributed by atoms with Crippen LogP contribution < -0.4 is 10.5 Å². The van der Waals surface area contributed by atoms with E-state index in [9.17, 15) is 0 Å². The van der Waals surface area contributed by atoms with E-state index in [1.807, 2.05) is 0 Å². The van der Waals surface area contributed by atoms with Crippen LogP contribution in [0, 0.1) is 5.92 Å². The van der Waals surface area contributed by atoms with Crippen molar-refractivity contribution in [1.29, 1.82) is 0 Å². The Hall–Kier alpha value is -1.27. The summed E-state index contributed by atoms with van der Waals surface area (Å²) >= 11 is 3.38. The topological polar surface area (TPSA) is 77.1 Å². The number of nitrogens with zero attached hydrogens (tertiary/aromatic N) is 1. The Balaban J connectivity index is 2.47. The van der Waals surface area contributed by atoms with Gasteiger partial charge in [-0.15, -0.1) is 0 Å². The predicted molar refractivity (Wildman–Crippen MR) is 77.8 cm³/mol. The van der Waals surface area contributed by atoms with Gasteiger partial charge in [-0.25, -0.2) is 0 Å². The second-order valence-electron chi connectivity index (χ2n) is 4.45. The van der Waals surface area contributed by atoms with Crippen molar-refractivity contribution >= 4 is 21.8 Å². The highest BCUT2D eigenvalue weighted by Crippen LogP contribution is 2.25. The molecule has 0 saturated carbocycles. The van der Waals surface area contributed by atoms with Crippen LogP contribution in [0.25, 0.3) is 0 Å². The standard InChI is InChI=1S/C13H19BrN2O3/c1-9(2)8-18-5-6-19-12-4-3-10(7-11(12)14)13(15)16-17/h3-4,7,9,17H,5-6,8H2,1-2H3,(H2,15,16). The van der Waals surface area contributed by atoms with Crippen molar-refractivity contribution < 1.29 is 14.7 Å². The molecule has 0 radical (unpaired) electrons. The summed E-state index contributed by atoms with van der Waals surface area (Å²) in [5.74, 6) is 1.28. The zero-order valence-corrected chi connectivity index (χ0v) is 12.7. The van der Waals surface area contributed by atoms with Crippen molar-refractivity contribution in [3.63, 3.8) is 0 Å². The summed E-state index contributed by atoms with van der Waals surface area (Å²) in [6, 6.07) is 5.23. The molecule has 0 fully saturated rings. The lowest BCUT2D eigenvalue weighted by atomic mass is 10.2. The SMILES string of the molecule is CC(C)COCCOc1ccc(/C(N)=N/O)cc1Br. The smallest absolute Gasteiger partial charge is 0.170 e. The lowest BCUT2D eigenvalue weighted by Crippen LogP contribution is -2.13. The first kappa shape index (κ1) is 15.8. The molecule has 0 unspecified atom stereocenters. The number of amidine groups is 1. The zero-order chi connectivity index (χ0) is 14.3. The molecule has 0 atom stereocenters. The molecule has 0 aromatic heterocycles. The molecule has 1 aromatic rings. The Bertz CT molecular complexity index is 436. The first-order valence-electron chi connectivity index (χ1n) is 6.02. The fourth-order valence-corrected chi connectivity index (χ4v) is 1.86. The summed E-state index contributed by atoms with van der Waals surface area (Å²) in [6.07, 6.45) is 0. The highest BCUT2D eigenvalue weighted by Gasteiger charge is 2.05. The summed E-state index contributed by atoms with van der Waals surface area (Å²) in [5, 5.41) is 11.5. The lowest BCUT2D eigenvalue weighted by molar-refractivity contribution is 0.0817. The van der Waals surface area contributed by atoms with Gasteiger partial charge in [0.15, 0.2) is 5.84 Å². The molecule has 106 valence electrons. The molecular weight excluding hydrogens is 312 g/mol. The highest BCUT2D eigenvalue weighted by atomic mass is 79.9. The van der Waals surface area contributed by atoms with Gasteiger partial charge in [-0.2, -0.15) is 0 Å². The minimum atomic E-state index is 0.0625. The van der Waals surface area contributed by atoms with Crippen LogP contribution in [0.5, 0.6) is 5.75 Å².